The van der Waals surface area contributed by atoms with E-state index in [1.54, 1.807) is 6.08 Å². The second-order valence-electron chi connectivity index (χ2n) is 8.52. The average molecular weight is 470 g/mol. The van der Waals surface area contributed by atoms with Crippen LogP contribution in [0, 0.1) is 5.92 Å². The van der Waals surface area contributed by atoms with Crippen molar-refractivity contribution in [3.63, 3.8) is 0 Å². The highest BCUT2D eigenvalue weighted by atomic mass is 35.5. The SMILES string of the molecule is CCCCCCOc1ccc(C=Nc2ccc(/C=C/C(=O)OCC(Cl)CC(C)C)cc2)cc1. The summed E-state index contributed by atoms with van der Waals surface area (Å²) in [4.78, 5) is 16.4. The molecule has 0 aliphatic carbocycles. The van der Waals surface area contributed by atoms with Crippen LogP contribution in [0.25, 0.3) is 6.08 Å². The molecule has 2 rings (SSSR count). The van der Waals surface area contributed by atoms with Crippen LogP contribution < -0.4 is 4.74 Å². The van der Waals surface area contributed by atoms with Crippen LogP contribution in [-0.4, -0.2) is 30.8 Å². The zero-order valence-electron chi connectivity index (χ0n) is 20.0. The summed E-state index contributed by atoms with van der Waals surface area (Å²) in [6.07, 6.45) is 10.6. The first-order valence-corrected chi connectivity index (χ1v) is 12.3. The molecule has 0 aliphatic heterocycles. The fraction of sp³-hybridized carbons (Fsp3) is 0.429. The Morgan fingerprint density at radius 2 is 1.70 bits per heavy atom. The molecule has 0 saturated heterocycles. The van der Waals surface area contributed by atoms with Gasteiger partial charge in [-0.05, 0) is 72.4 Å². The van der Waals surface area contributed by atoms with Crippen molar-refractivity contribution >= 4 is 35.5 Å². The summed E-state index contributed by atoms with van der Waals surface area (Å²) < 4.78 is 11.0. The van der Waals surface area contributed by atoms with Crippen LogP contribution in [0.4, 0.5) is 5.69 Å². The number of carbonyl (C=O) groups is 1. The number of hydrogen-bond donors (Lipinski definition) is 0. The van der Waals surface area contributed by atoms with E-state index in [-0.39, 0.29) is 18.0 Å². The highest BCUT2D eigenvalue weighted by molar-refractivity contribution is 6.20. The molecule has 1 unspecified atom stereocenters. The molecular weight excluding hydrogens is 434 g/mol. The quantitative estimate of drug-likeness (QED) is 0.0940. The highest BCUT2D eigenvalue weighted by Gasteiger charge is 2.09. The number of carbonyl (C=O) groups excluding carboxylic acids is 1. The Morgan fingerprint density at radius 1 is 1.00 bits per heavy atom. The summed E-state index contributed by atoms with van der Waals surface area (Å²) in [6.45, 7) is 7.37. The van der Waals surface area contributed by atoms with Gasteiger partial charge in [0.15, 0.2) is 0 Å². The molecule has 5 heteroatoms. The lowest BCUT2D eigenvalue weighted by atomic mass is 10.1. The minimum absolute atomic E-state index is 0.154. The van der Waals surface area contributed by atoms with E-state index in [1.807, 2.05) is 54.7 Å². The number of unbranched alkanes of at least 4 members (excludes halogenated alkanes) is 3. The number of alkyl halides is 1. The summed E-state index contributed by atoms with van der Waals surface area (Å²) >= 11 is 6.15. The molecule has 178 valence electrons. The van der Waals surface area contributed by atoms with Crippen LogP contribution in [0.3, 0.4) is 0 Å². The number of nitrogens with zero attached hydrogens (tertiary/aromatic N) is 1. The molecule has 4 nitrogen and oxygen atoms in total. The average Bonchev–Trinajstić information content (AvgIpc) is 2.81. The molecular formula is C28H36ClNO3. The number of halogens is 1. The Morgan fingerprint density at radius 3 is 2.36 bits per heavy atom. The minimum Gasteiger partial charge on any atom is -0.494 e. The van der Waals surface area contributed by atoms with E-state index in [1.165, 1.54) is 25.3 Å². The predicted molar refractivity (Wildman–Crippen MR) is 139 cm³/mol. The van der Waals surface area contributed by atoms with Gasteiger partial charge in [-0.25, -0.2) is 4.79 Å². The molecule has 2 aromatic carbocycles. The Kier molecular flexibility index (Phi) is 12.3. The van der Waals surface area contributed by atoms with Gasteiger partial charge in [0.1, 0.15) is 12.4 Å². The largest absolute Gasteiger partial charge is 0.494 e. The van der Waals surface area contributed by atoms with Gasteiger partial charge in [-0.15, -0.1) is 11.6 Å². The minimum atomic E-state index is -0.389. The maximum atomic E-state index is 11.9. The Hall–Kier alpha value is -2.59. The Balaban J connectivity index is 1.78. The van der Waals surface area contributed by atoms with E-state index in [4.69, 9.17) is 21.1 Å². The first kappa shape index (κ1) is 26.7. The zero-order valence-corrected chi connectivity index (χ0v) is 20.8. The summed E-state index contributed by atoms with van der Waals surface area (Å²) in [5.41, 5.74) is 2.75. The monoisotopic (exact) mass is 469 g/mol. The van der Waals surface area contributed by atoms with Crippen molar-refractivity contribution in [3.05, 3.63) is 65.7 Å². The van der Waals surface area contributed by atoms with Gasteiger partial charge in [0, 0.05) is 12.3 Å². The summed E-state index contributed by atoms with van der Waals surface area (Å²) in [5.74, 6) is 0.973. The molecule has 0 amide bonds. The Bertz CT molecular complexity index is 873. The first-order chi connectivity index (χ1) is 16.0. The molecule has 0 saturated carbocycles. The van der Waals surface area contributed by atoms with E-state index in [9.17, 15) is 4.79 Å². The molecule has 0 aromatic heterocycles. The van der Waals surface area contributed by atoms with E-state index < -0.39 is 0 Å². The molecule has 33 heavy (non-hydrogen) atoms. The van der Waals surface area contributed by atoms with Crippen LogP contribution in [0.2, 0.25) is 0 Å². The van der Waals surface area contributed by atoms with E-state index in [0.717, 1.165) is 42.0 Å². The maximum Gasteiger partial charge on any atom is 0.330 e. The number of aliphatic imine (C=N–C) groups is 1. The topological polar surface area (TPSA) is 47.9 Å². The fourth-order valence-corrected chi connectivity index (χ4v) is 3.57. The highest BCUT2D eigenvalue weighted by Crippen LogP contribution is 2.16. The maximum absolute atomic E-state index is 11.9. The molecule has 0 N–H and O–H groups in total. The van der Waals surface area contributed by atoms with Crippen LogP contribution >= 0.6 is 11.6 Å². The van der Waals surface area contributed by atoms with E-state index in [0.29, 0.717) is 5.92 Å². The molecule has 0 spiro atoms. The number of hydrogen-bond acceptors (Lipinski definition) is 4. The molecule has 0 aliphatic rings. The van der Waals surface area contributed by atoms with Crippen molar-refractivity contribution in [1.82, 2.24) is 0 Å². The predicted octanol–water partition coefficient (Wildman–Crippen LogP) is 7.61. The lowest BCUT2D eigenvalue weighted by molar-refractivity contribution is -0.137. The molecule has 0 bridgehead atoms. The molecule has 0 radical (unpaired) electrons. The molecule has 0 heterocycles. The van der Waals surface area contributed by atoms with Crippen LogP contribution in [-0.2, 0) is 9.53 Å². The third-order valence-electron chi connectivity index (χ3n) is 4.95. The van der Waals surface area contributed by atoms with Gasteiger partial charge < -0.3 is 9.47 Å². The van der Waals surface area contributed by atoms with Crippen LogP contribution in [0.5, 0.6) is 5.75 Å². The summed E-state index contributed by atoms with van der Waals surface area (Å²) in [6, 6.07) is 15.6. The van der Waals surface area contributed by atoms with Gasteiger partial charge in [-0.2, -0.15) is 0 Å². The number of ether oxygens (including phenoxy) is 2. The van der Waals surface area contributed by atoms with Gasteiger partial charge >= 0.3 is 5.97 Å². The van der Waals surface area contributed by atoms with Gasteiger partial charge in [-0.1, -0.05) is 52.2 Å². The van der Waals surface area contributed by atoms with Gasteiger partial charge in [0.25, 0.3) is 0 Å². The first-order valence-electron chi connectivity index (χ1n) is 11.8. The standard InChI is InChI=1S/C28H36ClNO3/c1-4-5-6-7-18-32-27-15-10-24(11-16-27)20-30-26-13-8-23(9-14-26)12-17-28(31)33-21-25(29)19-22(2)3/h8-17,20,22,25H,4-7,18-19,21H2,1-3H3/b17-12+,30-20?. The zero-order chi connectivity index (χ0) is 23.9. The van der Waals surface area contributed by atoms with Crippen molar-refractivity contribution in [2.45, 2.75) is 58.3 Å². The van der Waals surface area contributed by atoms with Crippen molar-refractivity contribution in [2.75, 3.05) is 13.2 Å². The van der Waals surface area contributed by atoms with E-state index >= 15 is 0 Å². The smallest absolute Gasteiger partial charge is 0.330 e. The molecule has 0 fully saturated rings. The van der Waals surface area contributed by atoms with Crippen molar-refractivity contribution in [3.8, 4) is 5.75 Å². The van der Waals surface area contributed by atoms with Crippen LogP contribution in [0.1, 0.15) is 64.0 Å². The summed E-state index contributed by atoms with van der Waals surface area (Å²) in [5, 5.41) is -0.154. The van der Waals surface area contributed by atoms with Crippen LogP contribution in [0.15, 0.2) is 59.6 Å². The lowest BCUT2D eigenvalue weighted by Gasteiger charge is -2.11. The fourth-order valence-electron chi connectivity index (χ4n) is 3.15. The molecule has 1 atom stereocenters. The van der Waals surface area contributed by atoms with Crippen molar-refractivity contribution < 1.29 is 14.3 Å². The second-order valence-corrected chi connectivity index (χ2v) is 9.14. The van der Waals surface area contributed by atoms with E-state index in [2.05, 4.69) is 25.8 Å². The number of esters is 1. The van der Waals surface area contributed by atoms with Gasteiger partial charge in [0.05, 0.1) is 17.7 Å². The number of benzene rings is 2. The second kappa shape index (κ2) is 15.3. The van der Waals surface area contributed by atoms with Crippen molar-refractivity contribution in [2.24, 2.45) is 10.9 Å². The van der Waals surface area contributed by atoms with Gasteiger partial charge in [0.2, 0.25) is 0 Å². The van der Waals surface area contributed by atoms with Crippen molar-refractivity contribution in [1.29, 1.82) is 0 Å². The summed E-state index contributed by atoms with van der Waals surface area (Å²) in [7, 11) is 0. The third-order valence-corrected chi connectivity index (χ3v) is 5.25. The number of rotatable bonds is 14. The third kappa shape index (κ3) is 11.7. The Labute approximate surface area is 203 Å². The van der Waals surface area contributed by atoms with Gasteiger partial charge in [-0.3, -0.25) is 4.99 Å². The normalized spacial score (nSPS) is 12.5. The lowest BCUT2D eigenvalue weighted by Crippen LogP contribution is -2.14. The molecule has 2 aromatic rings.